The van der Waals surface area contributed by atoms with E-state index in [-0.39, 0.29) is 12.3 Å². The number of rotatable bonds is 6. The average molecular weight is 440 g/mol. The molecule has 2 aromatic heterocycles. The zero-order chi connectivity index (χ0) is 23.6. The molecule has 0 aliphatic heterocycles. The highest BCUT2D eigenvalue weighted by atomic mass is 16.1. The zero-order valence-corrected chi connectivity index (χ0v) is 19.8. The van der Waals surface area contributed by atoms with Crippen molar-refractivity contribution in [2.24, 2.45) is 0 Å². The quantitative estimate of drug-likeness (QED) is 0.479. The molecule has 0 radical (unpaired) electrons. The van der Waals surface area contributed by atoms with Crippen molar-refractivity contribution in [2.75, 3.05) is 0 Å². The SMILES string of the molecule is Cc1cc(C)nc(-n2nc(C)c(CC(=O)NC(C)(c3ccccc3)c3ccccc3)c2C)n1. The first-order valence-corrected chi connectivity index (χ1v) is 11.1. The Hall–Kier alpha value is -3.80. The molecule has 1 N–H and O–H groups in total. The summed E-state index contributed by atoms with van der Waals surface area (Å²) in [5.41, 5.74) is 5.71. The third kappa shape index (κ3) is 4.55. The van der Waals surface area contributed by atoms with Gasteiger partial charge in [-0.3, -0.25) is 4.79 Å². The molecule has 1 amide bonds. The largest absolute Gasteiger partial charge is 0.342 e. The summed E-state index contributed by atoms with van der Waals surface area (Å²) in [5, 5.41) is 7.93. The van der Waals surface area contributed by atoms with Crippen LogP contribution in [0.4, 0.5) is 0 Å². The number of aryl methyl sites for hydroxylation is 3. The van der Waals surface area contributed by atoms with Gasteiger partial charge in [-0.05, 0) is 51.8 Å². The maximum Gasteiger partial charge on any atom is 0.251 e. The number of aromatic nitrogens is 4. The highest BCUT2D eigenvalue weighted by Crippen LogP contribution is 2.29. The molecule has 0 saturated heterocycles. The monoisotopic (exact) mass is 439 g/mol. The van der Waals surface area contributed by atoms with Crippen LogP contribution in [-0.4, -0.2) is 25.7 Å². The molecule has 0 saturated carbocycles. The molecule has 0 bridgehead atoms. The lowest BCUT2D eigenvalue weighted by molar-refractivity contribution is -0.121. The summed E-state index contributed by atoms with van der Waals surface area (Å²) in [6, 6.07) is 22.0. The normalized spacial score (nSPS) is 11.4. The van der Waals surface area contributed by atoms with Crippen LogP contribution in [0.5, 0.6) is 0 Å². The number of benzene rings is 2. The number of nitrogens with zero attached hydrogens (tertiary/aromatic N) is 4. The standard InChI is InChI=1S/C27H29N5O/c1-18-16-19(2)29-26(28-18)32-21(4)24(20(3)31-32)17-25(33)30-27(5,22-12-8-6-9-13-22)23-14-10-7-11-15-23/h6-16H,17H2,1-5H3,(H,30,33). The fourth-order valence-electron chi connectivity index (χ4n) is 4.27. The molecule has 2 heterocycles. The van der Waals surface area contributed by atoms with Gasteiger partial charge in [0.05, 0.1) is 17.7 Å². The maximum atomic E-state index is 13.4. The van der Waals surface area contributed by atoms with E-state index < -0.39 is 5.54 Å². The Labute approximate surface area is 194 Å². The number of hydrogen-bond donors (Lipinski definition) is 1. The van der Waals surface area contributed by atoms with Gasteiger partial charge in [0, 0.05) is 22.6 Å². The van der Waals surface area contributed by atoms with Crippen LogP contribution in [0.15, 0.2) is 66.7 Å². The molecule has 6 heteroatoms. The minimum Gasteiger partial charge on any atom is -0.342 e. The van der Waals surface area contributed by atoms with E-state index in [1.54, 1.807) is 4.68 Å². The fourth-order valence-corrected chi connectivity index (χ4v) is 4.27. The summed E-state index contributed by atoms with van der Waals surface area (Å²) in [6.45, 7) is 9.79. The zero-order valence-electron chi connectivity index (χ0n) is 19.8. The lowest BCUT2D eigenvalue weighted by atomic mass is 9.84. The van der Waals surface area contributed by atoms with Crippen LogP contribution in [0, 0.1) is 27.7 Å². The highest BCUT2D eigenvalue weighted by molar-refractivity contribution is 5.80. The van der Waals surface area contributed by atoms with Crippen LogP contribution in [0.25, 0.3) is 5.95 Å². The molecule has 2 aromatic carbocycles. The molecule has 6 nitrogen and oxygen atoms in total. The van der Waals surface area contributed by atoms with Gasteiger partial charge < -0.3 is 5.32 Å². The lowest BCUT2D eigenvalue weighted by Gasteiger charge is -2.32. The molecule has 0 atom stereocenters. The number of nitrogens with one attached hydrogen (secondary N) is 1. The Morgan fingerprint density at radius 1 is 0.879 bits per heavy atom. The summed E-state index contributed by atoms with van der Waals surface area (Å²) in [5.74, 6) is 0.454. The molecule has 4 rings (SSSR count). The van der Waals surface area contributed by atoms with Crippen molar-refractivity contribution in [3.8, 4) is 5.95 Å². The van der Waals surface area contributed by atoms with Crippen molar-refractivity contribution in [3.63, 3.8) is 0 Å². The predicted molar refractivity (Wildman–Crippen MR) is 129 cm³/mol. The van der Waals surface area contributed by atoms with Gasteiger partial charge in [0.15, 0.2) is 0 Å². The fraction of sp³-hybridized carbons (Fsp3) is 0.259. The molecule has 33 heavy (non-hydrogen) atoms. The van der Waals surface area contributed by atoms with Gasteiger partial charge in [-0.2, -0.15) is 5.10 Å². The Bertz CT molecular complexity index is 1220. The van der Waals surface area contributed by atoms with Gasteiger partial charge in [-0.25, -0.2) is 14.6 Å². The Balaban J connectivity index is 1.65. The Morgan fingerprint density at radius 3 is 1.91 bits per heavy atom. The van der Waals surface area contributed by atoms with Gasteiger partial charge in [0.1, 0.15) is 0 Å². The van der Waals surface area contributed by atoms with Crippen LogP contribution in [0.2, 0.25) is 0 Å². The molecule has 0 unspecified atom stereocenters. The van der Waals surface area contributed by atoms with Crippen molar-refractivity contribution in [1.82, 2.24) is 25.1 Å². The first kappa shape index (κ1) is 22.4. The molecule has 0 aliphatic carbocycles. The van der Waals surface area contributed by atoms with Gasteiger partial charge in [-0.1, -0.05) is 60.7 Å². The van der Waals surface area contributed by atoms with Crippen molar-refractivity contribution < 1.29 is 4.79 Å². The first-order chi connectivity index (χ1) is 15.8. The lowest BCUT2D eigenvalue weighted by Crippen LogP contribution is -2.45. The van der Waals surface area contributed by atoms with Crippen molar-refractivity contribution >= 4 is 5.91 Å². The second-order valence-corrected chi connectivity index (χ2v) is 8.59. The second-order valence-electron chi connectivity index (χ2n) is 8.59. The highest BCUT2D eigenvalue weighted by Gasteiger charge is 2.31. The van der Waals surface area contributed by atoms with E-state index in [0.29, 0.717) is 5.95 Å². The number of amides is 1. The minimum absolute atomic E-state index is 0.0719. The van der Waals surface area contributed by atoms with E-state index >= 15 is 0 Å². The van der Waals surface area contributed by atoms with E-state index in [1.807, 2.05) is 101 Å². The van der Waals surface area contributed by atoms with Crippen molar-refractivity contribution in [1.29, 1.82) is 0 Å². The summed E-state index contributed by atoms with van der Waals surface area (Å²) >= 11 is 0. The molecule has 0 spiro atoms. The third-order valence-electron chi connectivity index (χ3n) is 6.03. The van der Waals surface area contributed by atoms with Crippen LogP contribution in [0.1, 0.15) is 46.4 Å². The third-order valence-corrected chi connectivity index (χ3v) is 6.03. The Kier molecular flexibility index (Phi) is 6.09. The average Bonchev–Trinajstić information content (AvgIpc) is 3.08. The van der Waals surface area contributed by atoms with Crippen molar-refractivity contribution in [3.05, 3.63) is 106 Å². The smallest absolute Gasteiger partial charge is 0.251 e. The van der Waals surface area contributed by atoms with Crippen LogP contribution < -0.4 is 5.32 Å². The van der Waals surface area contributed by atoms with Crippen molar-refractivity contribution in [2.45, 2.75) is 46.6 Å². The Morgan fingerprint density at radius 2 is 1.39 bits per heavy atom. The molecular weight excluding hydrogens is 410 g/mol. The van der Waals surface area contributed by atoms with Gasteiger partial charge in [0.25, 0.3) is 5.95 Å². The van der Waals surface area contributed by atoms with Gasteiger partial charge in [-0.15, -0.1) is 0 Å². The van der Waals surface area contributed by atoms with E-state index in [9.17, 15) is 4.79 Å². The first-order valence-electron chi connectivity index (χ1n) is 11.1. The second kappa shape index (κ2) is 8.98. The topological polar surface area (TPSA) is 72.7 Å². The summed E-state index contributed by atoms with van der Waals surface area (Å²) in [7, 11) is 0. The maximum absolute atomic E-state index is 13.4. The van der Waals surface area contributed by atoms with E-state index in [1.165, 1.54) is 0 Å². The van der Waals surface area contributed by atoms with Gasteiger partial charge >= 0.3 is 0 Å². The van der Waals surface area contributed by atoms with Gasteiger partial charge in [0.2, 0.25) is 5.91 Å². The van der Waals surface area contributed by atoms with E-state index in [2.05, 4.69) is 20.4 Å². The number of hydrogen-bond acceptors (Lipinski definition) is 4. The molecule has 0 fully saturated rings. The number of carbonyl (C=O) groups excluding carboxylic acids is 1. The van der Waals surface area contributed by atoms with E-state index in [4.69, 9.17) is 0 Å². The summed E-state index contributed by atoms with van der Waals surface area (Å²) in [6.07, 6.45) is 0.220. The molecule has 0 aliphatic rings. The van der Waals surface area contributed by atoms with Crippen LogP contribution >= 0.6 is 0 Å². The van der Waals surface area contributed by atoms with E-state index in [0.717, 1.165) is 39.5 Å². The summed E-state index contributed by atoms with van der Waals surface area (Å²) < 4.78 is 1.73. The van der Waals surface area contributed by atoms with Crippen LogP contribution in [-0.2, 0) is 16.8 Å². The molecular formula is C27H29N5O. The number of carbonyl (C=O) groups is 1. The minimum atomic E-state index is -0.659. The predicted octanol–water partition coefficient (Wildman–Crippen LogP) is 4.52. The molecule has 4 aromatic rings. The summed E-state index contributed by atoms with van der Waals surface area (Å²) in [4.78, 5) is 22.4. The van der Waals surface area contributed by atoms with Crippen LogP contribution in [0.3, 0.4) is 0 Å². The molecule has 168 valence electrons.